The summed E-state index contributed by atoms with van der Waals surface area (Å²) in [6, 6.07) is 5.78. The average Bonchev–Trinajstić information content (AvgIpc) is 2.71. The van der Waals surface area contributed by atoms with Gasteiger partial charge in [-0.1, -0.05) is 11.6 Å². The summed E-state index contributed by atoms with van der Waals surface area (Å²) in [5.41, 5.74) is 7.24. The minimum atomic E-state index is 0.307. The number of hydrogen-bond donors (Lipinski definition) is 1. The minimum absolute atomic E-state index is 0.307. The van der Waals surface area contributed by atoms with Crippen LogP contribution in [0.3, 0.4) is 0 Å². The molecule has 0 aliphatic heterocycles. The zero-order chi connectivity index (χ0) is 11.7. The molecule has 1 aromatic heterocycles. The molecule has 16 heavy (non-hydrogen) atoms. The maximum absolute atomic E-state index is 5.88. The second-order valence-corrected chi connectivity index (χ2v) is 4.30. The summed E-state index contributed by atoms with van der Waals surface area (Å²) in [6.45, 7) is 4.15. The van der Waals surface area contributed by atoms with E-state index in [9.17, 15) is 0 Å². The summed E-state index contributed by atoms with van der Waals surface area (Å²) in [4.78, 5) is 0. The quantitative estimate of drug-likeness (QED) is 0.816. The lowest BCUT2D eigenvalue weighted by Crippen LogP contribution is -2.02. The molecule has 0 amide bonds. The molecule has 0 radical (unpaired) electrons. The van der Waals surface area contributed by atoms with Crippen LogP contribution in [0.25, 0.3) is 11.4 Å². The number of anilines is 1. The van der Waals surface area contributed by atoms with E-state index < -0.39 is 0 Å². The van der Waals surface area contributed by atoms with Gasteiger partial charge < -0.3 is 10.3 Å². The standard InChI is InChI=1S/C11H13ClN4/c1-7(2)16-6-14-15-11(16)8-3-4-9(12)10(13)5-8/h3-7H,13H2,1-2H3. The van der Waals surface area contributed by atoms with Gasteiger partial charge in [0.05, 0.1) is 10.7 Å². The summed E-state index contributed by atoms with van der Waals surface area (Å²) in [6.07, 6.45) is 1.71. The Kier molecular flexibility index (Phi) is 2.83. The monoisotopic (exact) mass is 236 g/mol. The van der Waals surface area contributed by atoms with E-state index in [4.69, 9.17) is 17.3 Å². The first kappa shape index (κ1) is 11.0. The van der Waals surface area contributed by atoms with Gasteiger partial charge in [-0.3, -0.25) is 0 Å². The number of nitrogens with zero attached hydrogens (tertiary/aromatic N) is 3. The van der Waals surface area contributed by atoms with Crippen LogP contribution in [0.1, 0.15) is 19.9 Å². The van der Waals surface area contributed by atoms with Crippen LogP contribution in [0, 0.1) is 0 Å². The molecule has 1 aromatic carbocycles. The number of benzene rings is 1. The molecule has 0 atom stereocenters. The molecule has 0 saturated heterocycles. The number of nitrogen functional groups attached to an aromatic ring is 1. The fraction of sp³-hybridized carbons (Fsp3) is 0.273. The Morgan fingerprint density at radius 1 is 1.38 bits per heavy atom. The summed E-state index contributed by atoms with van der Waals surface area (Å²) in [5.74, 6) is 0.804. The van der Waals surface area contributed by atoms with Crippen molar-refractivity contribution in [2.24, 2.45) is 0 Å². The van der Waals surface area contributed by atoms with E-state index in [-0.39, 0.29) is 0 Å². The van der Waals surface area contributed by atoms with E-state index in [1.807, 2.05) is 16.7 Å². The van der Waals surface area contributed by atoms with Gasteiger partial charge in [0.25, 0.3) is 0 Å². The average molecular weight is 237 g/mol. The van der Waals surface area contributed by atoms with E-state index in [1.165, 1.54) is 0 Å². The van der Waals surface area contributed by atoms with E-state index in [0.717, 1.165) is 11.4 Å². The van der Waals surface area contributed by atoms with Crippen molar-refractivity contribution in [3.8, 4) is 11.4 Å². The zero-order valence-corrected chi connectivity index (χ0v) is 9.94. The molecular weight excluding hydrogens is 224 g/mol. The highest BCUT2D eigenvalue weighted by Gasteiger charge is 2.10. The third-order valence-electron chi connectivity index (χ3n) is 2.38. The van der Waals surface area contributed by atoms with E-state index in [1.54, 1.807) is 12.4 Å². The normalized spacial score (nSPS) is 11.0. The number of aromatic nitrogens is 3. The zero-order valence-electron chi connectivity index (χ0n) is 9.18. The van der Waals surface area contributed by atoms with Crippen LogP contribution in [0.5, 0.6) is 0 Å². The topological polar surface area (TPSA) is 56.7 Å². The van der Waals surface area contributed by atoms with Crippen LogP contribution in [0.2, 0.25) is 5.02 Å². The molecule has 84 valence electrons. The molecule has 0 aliphatic rings. The predicted octanol–water partition coefficient (Wildman–Crippen LogP) is 2.76. The highest BCUT2D eigenvalue weighted by Crippen LogP contribution is 2.26. The summed E-state index contributed by atoms with van der Waals surface area (Å²) < 4.78 is 1.99. The van der Waals surface area contributed by atoms with Gasteiger partial charge in [0.2, 0.25) is 0 Å². The first-order valence-corrected chi connectivity index (χ1v) is 5.42. The lowest BCUT2D eigenvalue weighted by atomic mass is 10.2. The van der Waals surface area contributed by atoms with Gasteiger partial charge >= 0.3 is 0 Å². The van der Waals surface area contributed by atoms with Gasteiger partial charge in [0, 0.05) is 11.6 Å². The van der Waals surface area contributed by atoms with Gasteiger partial charge in [-0.2, -0.15) is 0 Å². The minimum Gasteiger partial charge on any atom is -0.398 e. The molecule has 0 bridgehead atoms. The summed E-state index contributed by atoms with van der Waals surface area (Å²) in [5, 5.41) is 8.56. The molecule has 0 unspecified atom stereocenters. The highest BCUT2D eigenvalue weighted by atomic mass is 35.5. The second kappa shape index (κ2) is 4.14. The Bertz CT molecular complexity index is 504. The fourth-order valence-corrected chi connectivity index (χ4v) is 1.63. The van der Waals surface area contributed by atoms with Crippen molar-refractivity contribution in [1.82, 2.24) is 14.8 Å². The van der Waals surface area contributed by atoms with Crippen molar-refractivity contribution in [3.63, 3.8) is 0 Å². The first-order chi connectivity index (χ1) is 7.59. The van der Waals surface area contributed by atoms with E-state index in [0.29, 0.717) is 16.8 Å². The largest absolute Gasteiger partial charge is 0.398 e. The van der Waals surface area contributed by atoms with Crippen molar-refractivity contribution < 1.29 is 0 Å². The van der Waals surface area contributed by atoms with Crippen LogP contribution >= 0.6 is 11.6 Å². The maximum Gasteiger partial charge on any atom is 0.164 e. The smallest absolute Gasteiger partial charge is 0.164 e. The first-order valence-electron chi connectivity index (χ1n) is 5.04. The maximum atomic E-state index is 5.88. The molecule has 0 spiro atoms. The highest BCUT2D eigenvalue weighted by molar-refractivity contribution is 6.33. The Balaban J connectivity index is 2.50. The van der Waals surface area contributed by atoms with Crippen LogP contribution in [-0.4, -0.2) is 14.8 Å². The van der Waals surface area contributed by atoms with Crippen LogP contribution in [-0.2, 0) is 0 Å². The molecule has 2 aromatic rings. The van der Waals surface area contributed by atoms with Crippen molar-refractivity contribution in [2.45, 2.75) is 19.9 Å². The molecule has 2 rings (SSSR count). The summed E-state index contributed by atoms with van der Waals surface area (Å²) in [7, 11) is 0. The Morgan fingerprint density at radius 2 is 2.12 bits per heavy atom. The van der Waals surface area contributed by atoms with Crippen molar-refractivity contribution in [2.75, 3.05) is 5.73 Å². The molecule has 4 nitrogen and oxygen atoms in total. The van der Waals surface area contributed by atoms with Crippen molar-refractivity contribution in [1.29, 1.82) is 0 Å². The number of halogens is 1. The third-order valence-corrected chi connectivity index (χ3v) is 2.73. The van der Waals surface area contributed by atoms with Crippen molar-refractivity contribution >= 4 is 17.3 Å². The summed E-state index contributed by atoms with van der Waals surface area (Å²) >= 11 is 5.88. The third kappa shape index (κ3) is 1.88. The second-order valence-electron chi connectivity index (χ2n) is 3.89. The van der Waals surface area contributed by atoms with Gasteiger partial charge in [-0.15, -0.1) is 10.2 Å². The molecule has 5 heteroatoms. The van der Waals surface area contributed by atoms with Gasteiger partial charge in [-0.05, 0) is 32.0 Å². The number of rotatable bonds is 2. The van der Waals surface area contributed by atoms with Gasteiger partial charge in [-0.25, -0.2) is 0 Å². The van der Waals surface area contributed by atoms with Crippen LogP contribution < -0.4 is 5.73 Å². The SMILES string of the molecule is CC(C)n1cnnc1-c1ccc(Cl)c(N)c1. The van der Waals surface area contributed by atoms with Gasteiger partial charge in [0.1, 0.15) is 6.33 Å². The molecule has 2 N–H and O–H groups in total. The molecule has 1 heterocycles. The molecular formula is C11H13ClN4. The van der Waals surface area contributed by atoms with Gasteiger partial charge in [0.15, 0.2) is 5.82 Å². The number of hydrogen-bond acceptors (Lipinski definition) is 3. The lowest BCUT2D eigenvalue weighted by Gasteiger charge is -2.10. The van der Waals surface area contributed by atoms with E-state index >= 15 is 0 Å². The predicted molar refractivity (Wildman–Crippen MR) is 65.3 cm³/mol. The Morgan fingerprint density at radius 3 is 2.75 bits per heavy atom. The Labute approximate surface area is 99.1 Å². The fourth-order valence-electron chi connectivity index (χ4n) is 1.51. The Hall–Kier alpha value is -1.55. The molecule has 0 fully saturated rings. The van der Waals surface area contributed by atoms with Crippen molar-refractivity contribution in [3.05, 3.63) is 29.5 Å². The van der Waals surface area contributed by atoms with E-state index in [2.05, 4.69) is 24.0 Å². The molecule has 0 aliphatic carbocycles. The molecule has 0 saturated carbocycles. The lowest BCUT2D eigenvalue weighted by molar-refractivity contribution is 0.604. The van der Waals surface area contributed by atoms with Crippen LogP contribution in [0.15, 0.2) is 24.5 Å². The van der Waals surface area contributed by atoms with Crippen LogP contribution in [0.4, 0.5) is 5.69 Å². The number of nitrogens with two attached hydrogens (primary N) is 1.